The molecule has 0 N–H and O–H groups in total. The van der Waals surface area contributed by atoms with E-state index in [0.29, 0.717) is 15.5 Å². The first-order valence-electron chi connectivity index (χ1n) is 9.85. The number of thiophene rings is 1. The first-order chi connectivity index (χ1) is 16.0. The van der Waals surface area contributed by atoms with Crippen LogP contribution in [0.25, 0.3) is 22.8 Å². The summed E-state index contributed by atoms with van der Waals surface area (Å²) in [5, 5.41) is 0. The number of rotatable bonds is 3. The first kappa shape index (κ1) is 22.9. The Kier molecular flexibility index (Phi) is 5.53. The van der Waals surface area contributed by atoms with Crippen LogP contribution in [0.5, 0.6) is 0 Å². The summed E-state index contributed by atoms with van der Waals surface area (Å²) in [5.41, 5.74) is -0.348. The van der Waals surface area contributed by atoms with E-state index in [0.717, 1.165) is 19.6 Å². The summed E-state index contributed by atoms with van der Waals surface area (Å²) in [5.74, 6) is -2.18. The van der Waals surface area contributed by atoms with E-state index in [2.05, 4.69) is 0 Å². The minimum Gasteiger partial charge on any atom is -0.456 e. The average Bonchev–Trinajstić information content (AvgIpc) is 3.49. The second kappa shape index (κ2) is 8.23. The predicted octanol–water partition coefficient (Wildman–Crippen LogP) is 1.88. The number of carbonyl (C=O) groups is 6. The molecule has 0 radical (unpaired) electrons. The van der Waals surface area contributed by atoms with Gasteiger partial charge in [-0.2, -0.15) is 0 Å². The fourth-order valence-corrected chi connectivity index (χ4v) is 4.27. The van der Waals surface area contributed by atoms with Crippen LogP contribution in [0.4, 0.5) is 9.59 Å². The molecule has 0 bridgehead atoms. The van der Waals surface area contributed by atoms with Gasteiger partial charge in [-0.25, -0.2) is 9.59 Å². The zero-order chi connectivity index (χ0) is 24.9. The molecular formula is C22H18N4O7S. The van der Waals surface area contributed by atoms with E-state index < -0.39 is 35.7 Å². The van der Waals surface area contributed by atoms with E-state index >= 15 is 0 Å². The smallest absolute Gasteiger partial charge is 0.333 e. The highest BCUT2D eigenvalue weighted by atomic mass is 32.1. The van der Waals surface area contributed by atoms with Crippen molar-refractivity contribution >= 4 is 59.2 Å². The lowest BCUT2D eigenvalue weighted by atomic mass is 10.1. The fraction of sp³-hybridized carbons (Fsp3) is 0.182. The fourth-order valence-electron chi connectivity index (χ4n) is 3.36. The molecule has 2 aromatic rings. The third kappa shape index (κ3) is 3.63. The maximum Gasteiger partial charge on any atom is 0.333 e. The minimum atomic E-state index is -0.730. The van der Waals surface area contributed by atoms with E-state index in [9.17, 15) is 28.8 Å². The Balaban J connectivity index is 1.60. The van der Waals surface area contributed by atoms with E-state index in [1.807, 2.05) is 0 Å². The third-order valence-corrected chi connectivity index (χ3v) is 6.40. The minimum absolute atomic E-state index is 0.139. The summed E-state index contributed by atoms with van der Waals surface area (Å²) < 4.78 is 5.75. The average molecular weight is 482 g/mol. The molecular weight excluding hydrogens is 464 g/mol. The maximum absolute atomic E-state index is 12.4. The SMILES string of the molecule is CN1C(=O)C(=Cc2ccc(-c3ccc(C=C4C(=O)N(C)C(=O)N(C)C4=O)s3)o2)C(=O)N(C)C1=O. The number of barbiturate groups is 2. The van der Waals surface area contributed by atoms with Crippen molar-refractivity contribution in [2.75, 3.05) is 28.2 Å². The second-order valence-electron chi connectivity index (χ2n) is 7.54. The normalized spacial score (nSPS) is 17.4. The number of hydrogen-bond acceptors (Lipinski definition) is 8. The van der Waals surface area contributed by atoms with E-state index in [-0.39, 0.29) is 16.9 Å². The topological polar surface area (TPSA) is 129 Å². The Morgan fingerprint density at radius 2 is 1.12 bits per heavy atom. The molecule has 4 rings (SSSR count). The van der Waals surface area contributed by atoms with Crippen LogP contribution < -0.4 is 0 Å². The van der Waals surface area contributed by atoms with Crippen LogP contribution in [0.2, 0.25) is 0 Å². The standard InChI is InChI=1S/C22H18N4O7S/c1-23-17(27)13(18(28)24(2)21(23)31)9-11-5-7-15(33-11)16-8-6-12(34-16)10-14-19(29)25(3)22(32)26(4)20(14)30/h5-10H,1-4H3. The molecule has 0 aliphatic carbocycles. The van der Waals surface area contributed by atoms with E-state index in [1.54, 1.807) is 24.3 Å². The monoisotopic (exact) mass is 482 g/mol. The van der Waals surface area contributed by atoms with Crippen molar-refractivity contribution in [1.82, 2.24) is 19.6 Å². The number of hydrogen-bond donors (Lipinski definition) is 0. The van der Waals surface area contributed by atoms with Crippen molar-refractivity contribution in [1.29, 1.82) is 0 Å². The van der Waals surface area contributed by atoms with Crippen LogP contribution in [-0.4, -0.2) is 83.5 Å². The molecule has 8 amide bonds. The molecule has 2 saturated heterocycles. The van der Waals surface area contributed by atoms with Gasteiger partial charge in [-0.15, -0.1) is 11.3 Å². The van der Waals surface area contributed by atoms with Crippen molar-refractivity contribution < 1.29 is 33.2 Å². The van der Waals surface area contributed by atoms with Crippen LogP contribution in [0.15, 0.2) is 39.8 Å². The van der Waals surface area contributed by atoms with Crippen LogP contribution in [0.3, 0.4) is 0 Å². The molecule has 0 unspecified atom stereocenters. The lowest BCUT2D eigenvalue weighted by molar-refractivity contribution is -0.135. The Bertz CT molecular complexity index is 1190. The summed E-state index contributed by atoms with van der Waals surface area (Å²) >= 11 is 1.24. The Labute approximate surface area is 197 Å². The molecule has 2 aliphatic rings. The van der Waals surface area contributed by atoms with Crippen LogP contribution in [0, 0.1) is 0 Å². The molecule has 0 saturated carbocycles. The summed E-state index contributed by atoms with van der Waals surface area (Å²) in [7, 11) is 5.16. The summed E-state index contributed by atoms with van der Waals surface area (Å²) in [6.45, 7) is 0. The highest BCUT2D eigenvalue weighted by Crippen LogP contribution is 2.32. The summed E-state index contributed by atoms with van der Waals surface area (Å²) in [4.78, 5) is 77.8. The van der Waals surface area contributed by atoms with Crippen LogP contribution >= 0.6 is 11.3 Å². The Morgan fingerprint density at radius 3 is 1.62 bits per heavy atom. The number of urea groups is 2. The third-order valence-electron chi connectivity index (χ3n) is 5.36. The molecule has 11 nitrogen and oxygen atoms in total. The molecule has 34 heavy (non-hydrogen) atoms. The molecule has 2 fully saturated rings. The van der Waals surface area contributed by atoms with Crippen molar-refractivity contribution in [3.63, 3.8) is 0 Å². The molecule has 4 heterocycles. The van der Waals surface area contributed by atoms with Crippen LogP contribution in [0.1, 0.15) is 10.6 Å². The molecule has 12 heteroatoms. The Hall–Kier alpha value is -4.32. The lowest BCUT2D eigenvalue weighted by Gasteiger charge is -2.28. The van der Waals surface area contributed by atoms with Crippen molar-refractivity contribution in [3.05, 3.63) is 46.0 Å². The van der Waals surface area contributed by atoms with Gasteiger partial charge in [0.2, 0.25) is 0 Å². The van der Waals surface area contributed by atoms with Gasteiger partial charge < -0.3 is 4.42 Å². The van der Waals surface area contributed by atoms with Crippen molar-refractivity contribution in [3.8, 4) is 10.6 Å². The Morgan fingerprint density at radius 1 is 0.647 bits per heavy atom. The zero-order valence-electron chi connectivity index (χ0n) is 18.5. The molecule has 2 aliphatic heterocycles. The number of furan rings is 1. The first-order valence-corrected chi connectivity index (χ1v) is 10.7. The van der Waals surface area contributed by atoms with Gasteiger partial charge in [0.15, 0.2) is 0 Å². The summed E-state index contributed by atoms with van der Waals surface area (Å²) in [6.07, 6.45) is 2.68. The number of imide groups is 4. The van der Waals surface area contributed by atoms with Crippen molar-refractivity contribution in [2.24, 2.45) is 0 Å². The molecule has 0 atom stereocenters. The van der Waals surface area contributed by atoms with Gasteiger partial charge in [-0.3, -0.25) is 38.8 Å². The van der Waals surface area contributed by atoms with Gasteiger partial charge in [-0.05, 0) is 36.4 Å². The number of carbonyl (C=O) groups excluding carboxylic acids is 6. The van der Waals surface area contributed by atoms with Gasteiger partial charge in [0.1, 0.15) is 22.7 Å². The van der Waals surface area contributed by atoms with Crippen LogP contribution in [-0.2, 0) is 19.2 Å². The molecule has 0 aromatic carbocycles. The lowest BCUT2D eigenvalue weighted by Crippen LogP contribution is -2.52. The summed E-state index contributed by atoms with van der Waals surface area (Å²) in [6, 6.07) is 5.20. The second-order valence-corrected chi connectivity index (χ2v) is 8.66. The van der Waals surface area contributed by atoms with Gasteiger partial charge in [-0.1, -0.05) is 0 Å². The van der Waals surface area contributed by atoms with Crippen molar-refractivity contribution in [2.45, 2.75) is 0 Å². The van der Waals surface area contributed by atoms with Gasteiger partial charge >= 0.3 is 12.1 Å². The zero-order valence-corrected chi connectivity index (χ0v) is 19.3. The maximum atomic E-state index is 12.4. The quantitative estimate of drug-likeness (QED) is 0.482. The molecule has 2 aromatic heterocycles. The highest BCUT2D eigenvalue weighted by molar-refractivity contribution is 7.16. The molecule has 0 spiro atoms. The predicted molar refractivity (Wildman–Crippen MR) is 120 cm³/mol. The van der Waals surface area contributed by atoms with E-state index in [4.69, 9.17) is 4.42 Å². The number of likely N-dealkylation sites (N-methyl/N-ethyl adjacent to an activating group) is 4. The van der Waals surface area contributed by atoms with Gasteiger partial charge in [0.25, 0.3) is 23.6 Å². The van der Waals surface area contributed by atoms with Gasteiger partial charge in [0, 0.05) is 33.1 Å². The molecule has 174 valence electrons. The largest absolute Gasteiger partial charge is 0.456 e. The van der Waals surface area contributed by atoms with Gasteiger partial charge in [0.05, 0.1) is 4.88 Å². The highest BCUT2D eigenvalue weighted by Gasteiger charge is 2.39. The number of amides is 8. The number of nitrogens with zero attached hydrogens (tertiary/aromatic N) is 4. The van der Waals surface area contributed by atoms with E-state index in [1.165, 1.54) is 51.7 Å².